The minimum atomic E-state index is -1.04. The molecular formula is C22H25NO4S. The highest BCUT2D eigenvalue weighted by atomic mass is 32.2. The number of carbonyl (C=O) groups excluding carboxylic acids is 1. The molecule has 1 saturated carbocycles. The first kappa shape index (κ1) is 19.0. The highest BCUT2D eigenvalue weighted by Gasteiger charge is 2.35. The van der Waals surface area contributed by atoms with Crippen molar-refractivity contribution < 1.29 is 18.5 Å². The molecule has 2 aromatic carbocycles. The lowest BCUT2D eigenvalue weighted by Gasteiger charge is -2.38. The molecular weight excluding hydrogens is 374 g/mol. The summed E-state index contributed by atoms with van der Waals surface area (Å²) in [4.78, 5) is 13.4. The third-order valence-corrected chi connectivity index (χ3v) is 6.77. The first-order valence-corrected chi connectivity index (χ1v) is 11.3. The van der Waals surface area contributed by atoms with Crippen molar-refractivity contribution in [3.8, 4) is 11.5 Å². The number of benzene rings is 2. The van der Waals surface area contributed by atoms with Gasteiger partial charge in [-0.2, -0.15) is 0 Å². The van der Waals surface area contributed by atoms with Crippen molar-refractivity contribution in [3.05, 3.63) is 53.6 Å². The van der Waals surface area contributed by atoms with Crippen LogP contribution in [0.1, 0.15) is 48.0 Å². The zero-order chi connectivity index (χ0) is 19.6. The van der Waals surface area contributed by atoms with E-state index in [1.165, 1.54) is 12.0 Å². The van der Waals surface area contributed by atoms with E-state index in [2.05, 4.69) is 17.4 Å². The number of carbonyl (C=O) groups is 1. The Kier molecular flexibility index (Phi) is 5.40. The monoisotopic (exact) mass is 399 g/mol. The Morgan fingerprint density at radius 2 is 1.75 bits per heavy atom. The van der Waals surface area contributed by atoms with Crippen LogP contribution in [0.2, 0.25) is 0 Å². The van der Waals surface area contributed by atoms with Crippen LogP contribution in [0.15, 0.2) is 47.4 Å². The second kappa shape index (κ2) is 7.95. The molecule has 1 amide bonds. The standard InChI is InChI=1S/C22H25NO4S/c1-28(25)18-8-5-16(6-9-18)21(24)23-14-22(11-3-2-4-12-22)17-7-10-19-20(13-17)27-15-26-19/h5-10,13H,2-4,11-12,14-15H2,1H3,(H,23,24)/t28-/m0/s1. The third-order valence-electron chi connectivity index (χ3n) is 5.83. The topological polar surface area (TPSA) is 64.6 Å². The Labute approximate surface area is 167 Å². The Bertz CT molecular complexity index is 888. The van der Waals surface area contributed by atoms with Gasteiger partial charge < -0.3 is 14.8 Å². The summed E-state index contributed by atoms with van der Waals surface area (Å²) < 4.78 is 22.5. The maximum atomic E-state index is 12.7. The molecule has 2 aliphatic rings. The van der Waals surface area contributed by atoms with Gasteiger partial charge in [0, 0.05) is 39.5 Å². The molecule has 0 bridgehead atoms. The number of rotatable bonds is 5. The maximum absolute atomic E-state index is 12.7. The Balaban J connectivity index is 1.52. The number of ether oxygens (including phenoxy) is 2. The number of hydrogen-bond acceptors (Lipinski definition) is 4. The summed E-state index contributed by atoms with van der Waals surface area (Å²) in [6, 6.07) is 13.1. The second-order valence-corrected chi connectivity index (χ2v) is 8.95. The average molecular weight is 400 g/mol. The SMILES string of the molecule is C[S@](=O)c1ccc(C(=O)NCC2(c3ccc4c(c3)OCO4)CCCCC2)cc1. The van der Waals surface area contributed by atoms with Gasteiger partial charge in [-0.05, 0) is 54.8 Å². The van der Waals surface area contributed by atoms with Gasteiger partial charge in [-0.25, -0.2) is 0 Å². The molecule has 4 rings (SSSR count). The molecule has 28 heavy (non-hydrogen) atoms. The van der Waals surface area contributed by atoms with Gasteiger partial charge >= 0.3 is 0 Å². The number of amides is 1. The van der Waals surface area contributed by atoms with Gasteiger partial charge in [-0.3, -0.25) is 9.00 Å². The van der Waals surface area contributed by atoms with E-state index in [0.29, 0.717) is 12.1 Å². The molecule has 0 unspecified atom stereocenters. The van der Waals surface area contributed by atoms with Crippen LogP contribution >= 0.6 is 0 Å². The highest BCUT2D eigenvalue weighted by molar-refractivity contribution is 7.84. The molecule has 0 saturated heterocycles. The van der Waals surface area contributed by atoms with Gasteiger partial charge in [0.1, 0.15) is 0 Å². The van der Waals surface area contributed by atoms with Crippen LogP contribution in [0.5, 0.6) is 11.5 Å². The zero-order valence-corrected chi connectivity index (χ0v) is 16.8. The molecule has 2 aromatic rings. The molecule has 1 aliphatic carbocycles. The molecule has 0 aromatic heterocycles. The van der Waals surface area contributed by atoms with E-state index in [9.17, 15) is 9.00 Å². The lowest BCUT2D eigenvalue weighted by atomic mass is 9.69. The molecule has 0 spiro atoms. The normalized spacial score (nSPS) is 18.5. The van der Waals surface area contributed by atoms with E-state index in [4.69, 9.17) is 9.47 Å². The van der Waals surface area contributed by atoms with Gasteiger partial charge in [0.15, 0.2) is 11.5 Å². The van der Waals surface area contributed by atoms with Crippen LogP contribution in [0.3, 0.4) is 0 Å². The van der Waals surface area contributed by atoms with E-state index >= 15 is 0 Å². The quantitative estimate of drug-likeness (QED) is 0.831. The van der Waals surface area contributed by atoms with E-state index in [1.807, 2.05) is 6.07 Å². The van der Waals surface area contributed by atoms with Crippen molar-refractivity contribution in [2.24, 2.45) is 0 Å². The lowest BCUT2D eigenvalue weighted by molar-refractivity contribution is 0.0936. The minimum absolute atomic E-state index is 0.0836. The molecule has 1 N–H and O–H groups in total. The fourth-order valence-corrected chi connectivity index (χ4v) is 4.69. The summed E-state index contributed by atoms with van der Waals surface area (Å²) in [5, 5.41) is 3.14. The van der Waals surface area contributed by atoms with Gasteiger partial charge in [-0.15, -0.1) is 0 Å². The third kappa shape index (κ3) is 3.78. The average Bonchev–Trinajstić information content (AvgIpc) is 3.21. The zero-order valence-electron chi connectivity index (χ0n) is 16.0. The van der Waals surface area contributed by atoms with Crippen LogP contribution in [-0.2, 0) is 16.2 Å². The minimum Gasteiger partial charge on any atom is -0.454 e. The van der Waals surface area contributed by atoms with Crippen molar-refractivity contribution in [2.75, 3.05) is 19.6 Å². The molecule has 5 nitrogen and oxygen atoms in total. The number of hydrogen-bond donors (Lipinski definition) is 1. The Morgan fingerprint density at radius 3 is 2.46 bits per heavy atom. The highest BCUT2D eigenvalue weighted by Crippen LogP contribution is 2.43. The molecule has 148 valence electrons. The van der Waals surface area contributed by atoms with E-state index < -0.39 is 10.8 Å². The second-order valence-electron chi connectivity index (χ2n) is 7.57. The molecule has 6 heteroatoms. The van der Waals surface area contributed by atoms with Gasteiger partial charge in [0.05, 0.1) is 0 Å². The summed E-state index contributed by atoms with van der Waals surface area (Å²) in [7, 11) is -1.04. The van der Waals surface area contributed by atoms with Crippen LogP contribution < -0.4 is 14.8 Å². The molecule has 1 atom stereocenters. The van der Waals surface area contributed by atoms with Crippen molar-refractivity contribution in [1.29, 1.82) is 0 Å². The fraction of sp³-hybridized carbons (Fsp3) is 0.409. The molecule has 1 fully saturated rings. The molecule has 0 radical (unpaired) electrons. The van der Waals surface area contributed by atoms with Crippen molar-refractivity contribution in [3.63, 3.8) is 0 Å². The Hall–Kier alpha value is -2.34. The van der Waals surface area contributed by atoms with Gasteiger partial charge in [-0.1, -0.05) is 25.3 Å². The van der Waals surface area contributed by atoms with E-state index in [1.54, 1.807) is 30.5 Å². The van der Waals surface area contributed by atoms with Crippen LogP contribution in [0.25, 0.3) is 0 Å². The summed E-state index contributed by atoms with van der Waals surface area (Å²) in [5.74, 6) is 1.48. The first-order chi connectivity index (χ1) is 13.6. The summed E-state index contributed by atoms with van der Waals surface area (Å²) in [6.45, 7) is 0.855. The summed E-state index contributed by atoms with van der Waals surface area (Å²) in [5.41, 5.74) is 1.71. The van der Waals surface area contributed by atoms with Crippen molar-refractivity contribution in [1.82, 2.24) is 5.32 Å². The first-order valence-electron chi connectivity index (χ1n) is 9.69. The van der Waals surface area contributed by atoms with Crippen LogP contribution in [0.4, 0.5) is 0 Å². The van der Waals surface area contributed by atoms with Crippen LogP contribution in [-0.4, -0.2) is 29.7 Å². The smallest absolute Gasteiger partial charge is 0.251 e. The number of fused-ring (bicyclic) bond motifs is 1. The van der Waals surface area contributed by atoms with Crippen molar-refractivity contribution in [2.45, 2.75) is 42.4 Å². The van der Waals surface area contributed by atoms with Gasteiger partial charge in [0.2, 0.25) is 6.79 Å². The number of nitrogens with one attached hydrogen (secondary N) is 1. The largest absolute Gasteiger partial charge is 0.454 e. The lowest BCUT2D eigenvalue weighted by Crippen LogP contribution is -2.42. The molecule has 1 aliphatic heterocycles. The fourth-order valence-electron chi connectivity index (χ4n) is 4.17. The molecule has 1 heterocycles. The van der Waals surface area contributed by atoms with Gasteiger partial charge in [0.25, 0.3) is 5.91 Å². The Morgan fingerprint density at radius 1 is 1.04 bits per heavy atom. The predicted octanol–water partition coefficient (Wildman–Crippen LogP) is 3.78. The van der Waals surface area contributed by atoms with E-state index in [-0.39, 0.29) is 18.1 Å². The summed E-state index contributed by atoms with van der Waals surface area (Å²) >= 11 is 0. The summed E-state index contributed by atoms with van der Waals surface area (Å²) in [6.07, 6.45) is 7.26. The van der Waals surface area contributed by atoms with Crippen molar-refractivity contribution >= 4 is 16.7 Å². The van der Waals surface area contributed by atoms with Crippen LogP contribution in [0, 0.1) is 0 Å². The predicted molar refractivity (Wildman–Crippen MR) is 108 cm³/mol. The van der Waals surface area contributed by atoms with E-state index in [0.717, 1.165) is 42.1 Å². The maximum Gasteiger partial charge on any atom is 0.251 e.